The van der Waals surface area contributed by atoms with E-state index in [0.29, 0.717) is 6.54 Å². The minimum atomic E-state index is -0.269. The van der Waals surface area contributed by atoms with Gasteiger partial charge in [-0.1, -0.05) is 44.7 Å². The number of amides is 1. The molecule has 0 spiro atoms. The number of nitrogen functional groups attached to an aromatic ring is 1. The van der Waals surface area contributed by atoms with Crippen LogP contribution in [0.25, 0.3) is 0 Å². The van der Waals surface area contributed by atoms with Crippen LogP contribution in [0.1, 0.15) is 44.6 Å². The van der Waals surface area contributed by atoms with E-state index in [1.54, 1.807) is 0 Å². The van der Waals surface area contributed by atoms with E-state index in [9.17, 15) is 4.79 Å². The average Bonchev–Trinajstić information content (AvgIpc) is 2.40. The molecule has 0 aliphatic rings. The molecule has 4 N–H and O–H groups in total. The highest BCUT2D eigenvalue weighted by atomic mass is 16.1. The van der Waals surface area contributed by atoms with Crippen molar-refractivity contribution >= 4 is 11.6 Å². The van der Waals surface area contributed by atoms with Gasteiger partial charge in [0.2, 0.25) is 5.91 Å². The van der Waals surface area contributed by atoms with Gasteiger partial charge in [-0.3, -0.25) is 9.69 Å². The minimum absolute atomic E-state index is 0.269. The Bertz CT molecular complexity index is 389. The molecule has 0 aliphatic carbocycles. The fourth-order valence-electron chi connectivity index (χ4n) is 2.25. The van der Waals surface area contributed by atoms with Gasteiger partial charge < -0.3 is 11.5 Å². The lowest BCUT2D eigenvalue weighted by molar-refractivity contribution is -0.119. The molecule has 1 aromatic rings. The second-order valence-corrected chi connectivity index (χ2v) is 5.33. The Hall–Kier alpha value is -1.55. The maximum atomic E-state index is 11.1. The maximum absolute atomic E-state index is 11.1. The van der Waals surface area contributed by atoms with E-state index < -0.39 is 0 Å². The third-order valence-corrected chi connectivity index (χ3v) is 3.34. The molecule has 0 atom stereocenters. The van der Waals surface area contributed by atoms with Gasteiger partial charge in [0.15, 0.2) is 0 Å². The lowest BCUT2D eigenvalue weighted by Crippen LogP contribution is -2.34. The summed E-state index contributed by atoms with van der Waals surface area (Å²) in [6.07, 6.45) is 6.13. The molecule has 1 amide bonds. The SMILES string of the molecule is CCCCCCCN(CC(N)=O)Cc1ccc(N)cc1. The van der Waals surface area contributed by atoms with Crippen LogP contribution in [0.15, 0.2) is 24.3 Å². The Morgan fingerprint density at radius 1 is 1.10 bits per heavy atom. The molecule has 112 valence electrons. The van der Waals surface area contributed by atoms with E-state index in [2.05, 4.69) is 11.8 Å². The summed E-state index contributed by atoms with van der Waals surface area (Å²) >= 11 is 0. The van der Waals surface area contributed by atoms with Crippen LogP contribution in [-0.2, 0) is 11.3 Å². The van der Waals surface area contributed by atoms with Crippen molar-refractivity contribution in [3.05, 3.63) is 29.8 Å². The number of carbonyl (C=O) groups is 1. The number of carbonyl (C=O) groups excluding carboxylic acids is 1. The van der Waals surface area contributed by atoms with Gasteiger partial charge in [-0.2, -0.15) is 0 Å². The summed E-state index contributed by atoms with van der Waals surface area (Å²) in [5, 5.41) is 0. The topological polar surface area (TPSA) is 72.3 Å². The first-order valence-corrected chi connectivity index (χ1v) is 7.47. The average molecular weight is 277 g/mol. The predicted octanol–water partition coefficient (Wildman–Crippen LogP) is 2.53. The van der Waals surface area contributed by atoms with Crippen LogP contribution in [0.5, 0.6) is 0 Å². The first-order chi connectivity index (χ1) is 9.61. The number of rotatable bonds is 10. The van der Waals surface area contributed by atoms with Gasteiger partial charge >= 0.3 is 0 Å². The van der Waals surface area contributed by atoms with Crippen molar-refractivity contribution in [2.24, 2.45) is 5.73 Å². The van der Waals surface area contributed by atoms with E-state index in [4.69, 9.17) is 11.5 Å². The van der Waals surface area contributed by atoms with Crippen LogP contribution in [0.2, 0.25) is 0 Å². The standard InChI is InChI=1S/C16H27N3O/c1-2-3-4-5-6-11-19(13-16(18)20)12-14-7-9-15(17)10-8-14/h7-10H,2-6,11-13,17H2,1H3,(H2,18,20). The van der Waals surface area contributed by atoms with E-state index in [1.165, 1.54) is 25.7 Å². The molecular formula is C16H27N3O. The van der Waals surface area contributed by atoms with E-state index in [1.807, 2.05) is 24.3 Å². The van der Waals surface area contributed by atoms with Crippen molar-refractivity contribution in [2.45, 2.75) is 45.6 Å². The monoisotopic (exact) mass is 277 g/mol. The van der Waals surface area contributed by atoms with Crippen molar-refractivity contribution in [2.75, 3.05) is 18.8 Å². The van der Waals surface area contributed by atoms with Gasteiger partial charge in [-0.25, -0.2) is 0 Å². The molecule has 0 aliphatic heterocycles. The first-order valence-electron chi connectivity index (χ1n) is 7.47. The lowest BCUT2D eigenvalue weighted by atomic mass is 10.1. The van der Waals surface area contributed by atoms with Gasteiger partial charge in [0.05, 0.1) is 6.54 Å². The predicted molar refractivity (Wildman–Crippen MR) is 84.1 cm³/mol. The molecule has 0 fully saturated rings. The van der Waals surface area contributed by atoms with E-state index in [-0.39, 0.29) is 5.91 Å². The van der Waals surface area contributed by atoms with Gasteiger partial charge in [-0.15, -0.1) is 0 Å². The van der Waals surface area contributed by atoms with Crippen LogP contribution in [0, 0.1) is 0 Å². The van der Waals surface area contributed by atoms with Crippen molar-refractivity contribution in [3.8, 4) is 0 Å². The molecule has 1 rings (SSSR count). The molecule has 4 heteroatoms. The lowest BCUT2D eigenvalue weighted by Gasteiger charge is -2.20. The number of hydrogen-bond acceptors (Lipinski definition) is 3. The molecular weight excluding hydrogens is 250 g/mol. The molecule has 0 bridgehead atoms. The molecule has 0 radical (unpaired) electrons. The van der Waals surface area contributed by atoms with Gasteiger partial charge in [0.25, 0.3) is 0 Å². The second-order valence-electron chi connectivity index (χ2n) is 5.33. The number of unbranched alkanes of at least 4 members (excludes halogenated alkanes) is 4. The normalized spacial score (nSPS) is 10.9. The van der Waals surface area contributed by atoms with E-state index >= 15 is 0 Å². The zero-order valence-corrected chi connectivity index (χ0v) is 12.5. The Morgan fingerprint density at radius 3 is 2.35 bits per heavy atom. The molecule has 0 saturated carbocycles. The Morgan fingerprint density at radius 2 is 1.75 bits per heavy atom. The number of primary amides is 1. The largest absolute Gasteiger partial charge is 0.399 e. The van der Waals surface area contributed by atoms with Crippen molar-refractivity contribution in [1.29, 1.82) is 0 Å². The van der Waals surface area contributed by atoms with E-state index in [0.717, 1.165) is 30.8 Å². The summed E-state index contributed by atoms with van der Waals surface area (Å²) in [6.45, 7) is 4.19. The number of benzene rings is 1. The van der Waals surface area contributed by atoms with Crippen LogP contribution >= 0.6 is 0 Å². The van der Waals surface area contributed by atoms with Crippen molar-refractivity contribution in [1.82, 2.24) is 4.90 Å². The minimum Gasteiger partial charge on any atom is -0.399 e. The fourth-order valence-corrected chi connectivity index (χ4v) is 2.25. The second kappa shape index (κ2) is 9.37. The highest BCUT2D eigenvalue weighted by molar-refractivity contribution is 5.75. The maximum Gasteiger partial charge on any atom is 0.231 e. The third kappa shape index (κ3) is 7.14. The summed E-state index contributed by atoms with van der Waals surface area (Å²) in [5.74, 6) is -0.269. The third-order valence-electron chi connectivity index (χ3n) is 3.34. The Balaban J connectivity index is 2.42. The molecule has 0 aromatic heterocycles. The highest BCUT2D eigenvalue weighted by Crippen LogP contribution is 2.10. The number of nitrogens with two attached hydrogens (primary N) is 2. The molecule has 20 heavy (non-hydrogen) atoms. The van der Waals surface area contributed by atoms with Crippen LogP contribution in [-0.4, -0.2) is 23.9 Å². The van der Waals surface area contributed by atoms with Crippen LogP contribution in [0.3, 0.4) is 0 Å². The summed E-state index contributed by atoms with van der Waals surface area (Å²) in [6, 6.07) is 7.78. The Kier molecular flexibility index (Phi) is 7.73. The summed E-state index contributed by atoms with van der Waals surface area (Å²) < 4.78 is 0. The highest BCUT2D eigenvalue weighted by Gasteiger charge is 2.08. The summed E-state index contributed by atoms with van der Waals surface area (Å²) in [4.78, 5) is 13.3. The fraction of sp³-hybridized carbons (Fsp3) is 0.562. The Labute approximate surface area is 122 Å². The molecule has 0 unspecified atom stereocenters. The molecule has 0 heterocycles. The summed E-state index contributed by atoms with van der Waals surface area (Å²) in [5.41, 5.74) is 12.9. The summed E-state index contributed by atoms with van der Waals surface area (Å²) in [7, 11) is 0. The van der Waals surface area contributed by atoms with Crippen molar-refractivity contribution < 1.29 is 4.79 Å². The van der Waals surface area contributed by atoms with Gasteiger partial charge in [0, 0.05) is 12.2 Å². The van der Waals surface area contributed by atoms with Crippen LogP contribution in [0.4, 0.5) is 5.69 Å². The zero-order valence-electron chi connectivity index (χ0n) is 12.5. The number of hydrogen-bond donors (Lipinski definition) is 2. The van der Waals surface area contributed by atoms with Gasteiger partial charge in [0.1, 0.15) is 0 Å². The molecule has 0 saturated heterocycles. The first kappa shape index (κ1) is 16.5. The zero-order chi connectivity index (χ0) is 14.8. The van der Waals surface area contributed by atoms with Crippen LogP contribution < -0.4 is 11.5 Å². The van der Waals surface area contributed by atoms with Crippen molar-refractivity contribution in [3.63, 3.8) is 0 Å². The quantitative estimate of drug-likeness (QED) is 0.510. The molecule has 4 nitrogen and oxygen atoms in total. The smallest absolute Gasteiger partial charge is 0.231 e. The number of nitrogens with zero attached hydrogens (tertiary/aromatic N) is 1. The number of anilines is 1. The van der Waals surface area contributed by atoms with Gasteiger partial charge in [-0.05, 0) is 30.7 Å². The molecule has 1 aromatic carbocycles.